The van der Waals surface area contributed by atoms with Gasteiger partial charge < -0.3 is 20.5 Å². The average molecular weight is 385 g/mol. The topological polar surface area (TPSA) is 73.6 Å². The van der Waals surface area contributed by atoms with E-state index in [1.165, 1.54) is 18.2 Å². The highest BCUT2D eigenvalue weighted by molar-refractivity contribution is 5.85. The minimum absolute atomic E-state index is 0. The third kappa shape index (κ3) is 8.83. The van der Waals surface area contributed by atoms with E-state index in [1.807, 2.05) is 13.8 Å². The second-order valence-corrected chi connectivity index (χ2v) is 5.49. The van der Waals surface area contributed by atoms with Crippen molar-refractivity contribution in [3.63, 3.8) is 0 Å². The molecule has 0 unspecified atom stereocenters. The normalized spacial score (nSPS) is 11.4. The lowest BCUT2D eigenvalue weighted by molar-refractivity contribution is -0.153. The molecule has 0 atom stereocenters. The van der Waals surface area contributed by atoms with Crippen LogP contribution in [0.4, 0.5) is 13.2 Å². The Bertz CT molecular complexity index is 538. The minimum Gasteiger partial charge on any atom is -0.480 e. The van der Waals surface area contributed by atoms with Crippen LogP contribution in [0.3, 0.4) is 0 Å². The maximum absolute atomic E-state index is 12.2. The summed E-state index contributed by atoms with van der Waals surface area (Å²) in [5, 5.41) is 2.66. The molecular weight excluding hydrogens is 361 g/mol. The van der Waals surface area contributed by atoms with Crippen molar-refractivity contribution >= 4 is 18.3 Å². The molecule has 1 amide bonds. The molecule has 144 valence electrons. The fourth-order valence-corrected chi connectivity index (χ4v) is 1.82. The van der Waals surface area contributed by atoms with E-state index >= 15 is 0 Å². The molecule has 0 spiro atoms. The molecule has 1 aromatic rings. The van der Waals surface area contributed by atoms with Gasteiger partial charge in [-0.25, -0.2) is 0 Å². The number of carbonyl (C=O) groups is 1. The molecule has 0 heterocycles. The van der Waals surface area contributed by atoms with Gasteiger partial charge in [-0.15, -0.1) is 12.4 Å². The van der Waals surface area contributed by atoms with Gasteiger partial charge in [0.2, 0.25) is 0 Å². The number of rotatable bonds is 9. The number of ether oxygens (including phenoxy) is 2. The Morgan fingerprint density at radius 3 is 2.12 bits per heavy atom. The van der Waals surface area contributed by atoms with Gasteiger partial charge in [-0.3, -0.25) is 4.79 Å². The smallest absolute Gasteiger partial charge is 0.422 e. The highest BCUT2D eigenvalue weighted by atomic mass is 35.5. The van der Waals surface area contributed by atoms with Crippen LogP contribution in [-0.4, -0.2) is 37.4 Å². The summed E-state index contributed by atoms with van der Waals surface area (Å²) in [6.07, 6.45) is -3.03. The number of carbonyl (C=O) groups excluding carboxylic acids is 1. The Morgan fingerprint density at radius 2 is 1.64 bits per heavy atom. The van der Waals surface area contributed by atoms with E-state index in [1.54, 1.807) is 6.07 Å². The van der Waals surface area contributed by atoms with Gasteiger partial charge in [0.1, 0.15) is 0 Å². The van der Waals surface area contributed by atoms with Gasteiger partial charge in [0, 0.05) is 12.1 Å². The summed E-state index contributed by atoms with van der Waals surface area (Å²) in [6.45, 7) is 2.40. The average Bonchev–Trinajstić information content (AvgIpc) is 2.56. The summed E-state index contributed by atoms with van der Waals surface area (Å²) in [4.78, 5) is 11.8. The highest BCUT2D eigenvalue weighted by Crippen LogP contribution is 2.28. The van der Waals surface area contributed by atoms with Crippen molar-refractivity contribution in [3.05, 3.63) is 24.3 Å². The number of nitrogens with one attached hydrogen (secondary N) is 1. The largest absolute Gasteiger partial charge is 0.480 e. The fourth-order valence-electron chi connectivity index (χ4n) is 1.82. The lowest BCUT2D eigenvalue weighted by Crippen LogP contribution is -2.50. The summed E-state index contributed by atoms with van der Waals surface area (Å²) in [7, 11) is 0. The molecule has 0 fully saturated rings. The van der Waals surface area contributed by atoms with Crippen molar-refractivity contribution in [1.82, 2.24) is 5.32 Å². The van der Waals surface area contributed by atoms with Crippen LogP contribution in [0.25, 0.3) is 0 Å². The maximum atomic E-state index is 12.2. The van der Waals surface area contributed by atoms with E-state index in [0.717, 1.165) is 0 Å². The molecule has 0 aliphatic carbocycles. The molecule has 3 N–H and O–H groups in total. The molecule has 0 saturated carbocycles. The molecule has 1 rings (SSSR count). The van der Waals surface area contributed by atoms with Crippen LogP contribution in [0.2, 0.25) is 0 Å². The van der Waals surface area contributed by atoms with Crippen LogP contribution in [0, 0.1) is 0 Å². The zero-order chi connectivity index (χ0) is 18.2. The standard InChI is InChI=1S/C16H23F3N2O3.ClH/c1-3-15(20,4-2)10-21-14(22)9-23-12-7-5-6-8-13(12)24-11-16(17,18)19;/h5-8H,3-4,9-11,20H2,1-2H3,(H,21,22);1H. The van der Waals surface area contributed by atoms with Gasteiger partial charge in [-0.2, -0.15) is 13.2 Å². The number of para-hydroxylation sites is 2. The molecule has 0 radical (unpaired) electrons. The molecule has 0 aliphatic rings. The van der Waals surface area contributed by atoms with Crippen molar-refractivity contribution < 1.29 is 27.4 Å². The Balaban J connectivity index is 0.00000576. The van der Waals surface area contributed by atoms with E-state index in [2.05, 4.69) is 10.1 Å². The van der Waals surface area contributed by atoms with Gasteiger partial charge in [0.15, 0.2) is 24.7 Å². The van der Waals surface area contributed by atoms with E-state index < -0.39 is 24.2 Å². The predicted octanol–water partition coefficient (Wildman–Crippen LogP) is 3.06. The van der Waals surface area contributed by atoms with Crippen molar-refractivity contribution in [2.24, 2.45) is 5.73 Å². The zero-order valence-electron chi connectivity index (χ0n) is 14.2. The van der Waals surface area contributed by atoms with Crippen molar-refractivity contribution in [3.8, 4) is 11.5 Å². The molecule has 0 aliphatic heterocycles. The summed E-state index contributed by atoms with van der Waals surface area (Å²) in [6, 6.07) is 5.87. The minimum atomic E-state index is -4.45. The number of hydrogen-bond acceptors (Lipinski definition) is 4. The first-order valence-electron chi connectivity index (χ1n) is 7.66. The Hall–Kier alpha value is -1.67. The second kappa shape index (κ2) is 10.4. The van der Waals surface area contributed by atoms with Gasteiger partial charge in [0.05, 0.1) is 0 Å². The summed E-state index contributed by atoms with van der Waals surface area (Å²) in [5.41, 5.74) is 5.59. The number of alkyl halides is 3. The highest BCUT2D eigenvalue weighted by Gasteiger charge is 2.29. The van der Waals surface area contributed by atoms with Crippen LogP contribution in [0.5, 0.6) is 11.5 Å². The first-order valence-corrected chi connectivity index (χ1v) is 7.66. The number of amides is 1. The van der Waals surface area contributed by atoms with E-state index in [4.69, 9.17) is 10.5 Å². The van der Waals surface area contributed by atoms with Crippen LogP contribution in [0.15, 0.2) is 24.3 Å². The Morgan fingerprint density at radius 1 is 1.12 bits per heavy atom. The van der Waals surface area contributed by atoms with E-state index in [9.17, 15) is 18.0 Å². The van der Waals surface area contributed by atoms with Crippen molar-refractivity contribution in [1.29, 1.82) is 0 Å². The lowest BCUT2D eigenvalue weighted by Gasteiger charge is -2.26. The zero-order valence-corrected chi connectivity index (χ0v) is 15.0. The van der Waals surface area contributed by atoms with Gasteiger partial charge in [0.25, 0.3) is 5.91 Å². The van der Waals surface area contributed by atoms with Crippen LogP contribution < -0.4 is 20.5 Å². The first-order chi connectivity index (χ1) is 11.2. The first kappa shape index (κ1) is 23.3. The summed E-state index contributed by atoms with van der Waals surface area (Å²) < 4.78 is 46.6. The van der Waals surface area contributed by atoms with E-state index in [0.29, 0.717) is 19.4 Å². The van der Waals surface area contributed by atoms with E-state index in [-0.39, 0.29) is 30.5 Å². The molecule has 0 aromatic heterocycles. The van der Waals surface area contributed by atoms with Gasteiger partial charge in [-0.05, 0) is 25.0 Å². The van der Waals surface area contributed by atoms with Crippen LogP contribution >= 0.6 is 12.4 Å². The molecule has 1 aromatic carbocycles. The van der Waals surface area contributed by atoms with Crippen LogP contribution in [-0.2, 0) is 4.79 Å². The van der Waals surface area contributed by atoms with Gasteiger partial charge in [-0.1, -0.05) is 26.0 Å². The number of nitrogens with two attached hydrogens (primary N) is 1. The Labute approximate surface area is 151 Å². The monoisotopic (exact) mass is 384 g/mol. The molecule has 9 heteroatoms. The molecule has 0 saturated heterocycles. The third-order valence-corrected chi connectivity index (χ3v) is 3.65. The molecule has 0 bridgehead atoms. The fraction of sp³-hybridized carbons (Fsp3) is 0.562. The van der Waals surface area contributed by atoms with Crippen LogP contribution in [0.1, 0.15) is 26.7 Å². The second-order valence-electron chi connectivity index (χ2n) is 5.49. The van der Waals surface area contributed by atoms with Crippen molar-refractivity contribution in [2.75, 3.05) is 19.8 Å². The SMILES string of the molecule is CCC(N)(CC)CNC(=O)COc1ccccc1OCC(F)(F)F.Cl. The summed E-state index contributed by atoms with van der Waals surface area (Å²) >= 11 is 0. The third-order valence-electron chi connectivity index (χ3n) is 3.65. The molecule has 5 nitrogen and oxygen atoms in total. The molecular formula is C16H24ClF3N2O3. The summed E-state index contributed by atoms with van der Waals surface area (Å²) in [5.74, 6) is -0.405. The maximum Gasteiger partial charge on any atom is 0.422 e. The Kier molecular flexibility index (Phi) is 9.66. The number of hydrogen-bond donors (Lipinski definition) is 2. The lowest BCUT2D eigenvalue weighted by atomic mass is 9.94. The van der Waals surface area contributed by atoms with Gasteiger partial charge >= 0.3 is 6.18 Å². The predicted molar refractivity (Wildman–Crippen MR) is 91.2 cm³/mol. The van der Waals surface area contributed by atoms with Crippen molar-refractivity contribution in [2.45, 2.75) is 38.4 Å². The number of halogens is 4. The number of benzene rings is 1. The quantitative estimate of drug-likeness (QED) is 0.686. The molecule has 25 heavy (non-hydrogen) atoms.